The molecule has 2 rings (SSSR count). The zero-order valence-corrected chi connectivity index (χ0v) is 11.7. The minimum absolute atomic E-state index is 0.0496. The van der Waals surface area contributed by atoms with Crippen molar-refractivity contribution in [2.24, 2.45) is 5.92 Å². The molecule has 1 fully saturated rings. The molecule has 0 saturated carbocycles. The van der Waals surface area contributed by atoms with Crippen LogP contribution >= 0.6 is 0 Å². The van der Waals surface area contributed by atoms with Crippen LogP contribution in [0.5, 0.6) is 0 Å². The average Bonchev–Trinajstić information content (AvgIpc) is 2.45. The number of aromatic nitrogens is 2. The first kappa shape index (κ1) is 13.8. The monoisotopic (exact) mass is 262 g/mol. The lowest BCUT2D eigenvalue weighted by molar-refractivity contribution is 0.0682. The van der Waals surface area contributed by atoms with E-state index in [4.69, 9.17) is 0 Å². The van der Waals surface area contributed by atoms with E-state index in [1.54, 1.807) is 12.4 Å². The summed E-state index contributed by atoms with van der Waals surface area (Å²) in [5.41, 5.74) is 0.580. The normalized spacial score (nSPS) is 19.3. The van der Waals surface area contributed by atoms with Gasteiger partial charge in [0.25, 0.3) is 5.91 Å². The number of anilines is 1. The largest absolute Gasteiger partial charge is 0.354 e. The molecule has 1 saturated heterocycles. The molecular formula is C14H22N4O. The van der Waals surface area contributed by atoms with E-state index in [1.165, 1.54) is 6.42 Å². The SMILES string of the molecule is CCCNc1ncc(C(=O)N2CCCC(C)C2)cn1. The number of likely N-dealkylation sites (tertiary alicyclic amines) is 1. The number of carbonyl (C=O) groups is 1. The fourth-order valence-electron chi connectivity index (χ4n) is 2.32. The maximum Gasteiger partial charge on any atom is 0.257 e. The van der Waals surface area contributed by atoms with E-state index >= 15 is 0 Å². The molecule has 1 aliphatic heterocycles. The van der Waals surface area contributed by atoms with Crippen LogP contribution in [-0.2, 0) is 0 Å². The van der Waals surface area contributed by atoms with Gasteiger partial charge < -0.3 is 10.2 Å². The van der Waals surface area contributed by atoms with Crippen LogP contribution in [0.4, 0.5) is 5.95 Å². The number of hydrogen-bond donors (Lipinski definition) is 1. The summed E-state index contributed by atoms with van der Waals surface area (Å²) < 4.78 is 0. The van der Waals surface area contributed by atoms with Gasteiger partial charge in [0, 0.05) is 32.0 Å². The van der Waals surface area contributed by atoms with E-state index in [-0.39, 0.29) is 5.91 Å². The van der Waals surface area contributed by atoms with Crippen molar-refractivity contribution < 1.29 is 4.79 Å². The van der Waals surface area contributed by atoms with Crippen molar-refractivity contribution in [1.29, 1.82) is 0 Å². The average molecular weight is 262 g/mol. The van der Waals surface area contributed by atoms with Gasteiger partial charge in [0.15, 0.2) is 0 Å². The predicted octanol–water partition coefficient (Wildman–Crippen LogP) is 2.17. The summed E-state index contributed by atoms with van der Waals surface area (Å²) >= 11 is 0. The molecule has 104 valence electrons. The molecule has 1 aromatic rings. The number of nitrogens with one attached hydrogen (secondary N) is 1. The van der Waals surface area contributed by atoms with Gasteiger partial charge in [0.05, 0.1) is 5.56 Å². The number of nitrogens with zero attached hydrogens (tertiary/aromatic N) is 3. The predicted molar refractivity (Wildman–Crippen MR) is 75.1 cm³/mol. The van der Waals surface area contributed by atoms with Gasteiger partial charge in [0.1, 0.15) is 0 Å². The molecule has 1 N–H and O–H groups in total. The number of amides is 1. The zero-order valence-electron chi connectivity index (χ0n) is 11.7. The number of piperidine rings is 1. The van der Waals surface area contributed by atoms with Crippen molar-refractivity contribution in [3.63, 3.8) is 0 Å². The molecule has 2 heterocycles. The smallest absolute Gasteiger partial charge is 0.257 e. The Morgan fingerprint density at radius 2 is 2.21 bits per heavy atom. The molecule has 1 aromatic heterocycles. The van der Waals surface area contributed by atoms with Gasteiger partial charge in [0.2, 0.25) is 5.95 Å². The Balaban J connectivity index is 1.98. The van der Waals surface area contributed by atoms with Crippen LogP contribution in [0.3, 0.4) is 0 Å². The van der Waals surface area contributed by atoms with Crippen LogP contribution in [0.15, 0.2) is 12.4 Å². The van der Waals surface area contributed by atoms with Gasteiger partial charge in [-0.15, -0.1) is 0 Å². The van der Waals surface area contributed by atoms with Crippen LogP contribution in [-0.4, -0.2) is 40.4 Å². The lowest BCUT2D eigenvalue weighted by Crippen LogP contribution is -2.39. The summed E-state index contributed by atoms with van der Waals surface area (Å²) in [5.74, 6) is 1.23. The Hall–Kier alpha value is -1.65. The summed E-state index contributed by atoms with van der Waals surface area (Å²) in [4.78, 5) is 22.6. The number of rotatable bonds is 4. The fraction of sp³-hybridized carbons (Fsp3) is 0.643. The van der Waals surface area contributed by atoms with Crippen LogP contribution < -0.4 is 5.32 Å². The molecule has 19 heavy (non-hydrogen) atoms. The Morgan fingerprint density at radius 3 is 2.84 bits per heavy atom. The van der Waals surface area contributed by atoms with E-state index in [2.05, 4.69) is 29.1 Å². The topological polar surface area (TPSA) is 58.1 Å². The first-order valence-electron chi connectivity index (χ1n) is 7.06. The Kier molecular flexibility index (Phi) is 4.71. The minimum atomic E-state index is 0.0496. The second kappa shape index (κ2) is 6.50. The molecule has 0 aliphatic carbocycles. The molecule has 1 atom stereocenters. The molecule has 1 aliphatic rings. The third-order valence-corrected chi connectivity index (χ3v) is 3.38. The maximum atomic E-state index is 12.3. The molecule has 1 amide bonds. The highest BCUT2D eigenvalue weighted by molar-refractivity contribution is 5.93. The quantitative estimate of drug-likeness (QED) is 0.903. The van der Waals surface area contributed by atoms with E-state index in [0.29, 0.717) is 17.4 Å². The van der Waals surface area contributed by atoms with Gasteiger partial charge in [-0.1, -0.05) is 13.8 Å². The van der Waals surface area contributed by atoms with Crippen molar-refractivity contribution in [3.8, 4) is 0 Å². The summed E-state index contributed by atoms with van der Waals surface area (Å²) in [6, 6.07) is 0. The highest BCUT2D eigenvalue weighted by Crippen LogP contribution is 2.17. The van der Waals surface area contributed by atoms with Gasteiger partial charge in [-0.05, 0) is 25.2 Å². The molecule has 0 radical (unpaired) electrons. The lowest BCUT2D eigenvalue weighted by atomic mass is 10.00. The van der Waals surface area contributed by atoms with Crippen LogP contribution in [0.1, 0.15) is 43.5 Å². The van der Waals surface area contributed by atoms with Gasteiger partial charge in [-0.25, -0.2) is 9.97 Å². The van der Waals surface area contributed by atoms with Crippen LogP contribution in [0, 0.1) is 5.92 Å². The zero-order chi connectivity index (χ0) is 13.7. The molecule has 0 spiro atoms. The van der Waals surface area contributed by atoms with E-state index < -0.39 is 0 Å². The van der Waals surface area contributed by atoms with Crippen molar-refractivity contribution in [3.05, 3.63) is 18.0 Å². The van der Waals surface area contributed by atoms with E-state index in [9.17, 15) is 4.79 Å². The molecule has 5 nitrogen and oxygen atoms in total. The number of carbonyl (C=O) groups excluding carboxylic acids is 1. The number of hydrogen-bond acceptors (Lipinski definition) is 4. The first-order chi connectivity index (χ1) is 9.20. The minimum Gasteiger partial charge on any atom is -0.354 e. The summed E-state index contributed by atoms with van der Waals surface area (Å²) in [6.07, 6.45) is 6.55. The summed E-state index contributed by atoms with van der Waals surface area (Å²) in [7, 11) is 0. The maximum absolute atomic E-state index is 12.3. The van der Waals surface area contributed by atoms with Gasteiger partial charge in [-0.2, -0.15) is 0 Å². The molecule has 0 bridgehead atoms. The second-order valence-corrected chi connectivity index (χ2v) is 5.22. The van der Waals surface area contributed by atoms with Crippen molar-refractivity contribution in [1.82, 2.24) is 14.9 Å². The standard InChI is InChI=1S/C14H22N4O/c1-3-6-15-14-16-8-12(9-17-14)13(19)18-7-4-5-11(2)10-18/h8-9,11H,3-7,10H2,1-2H3,(H,15,16,17). The summed E-state index contributed by atoms with van der Waals surface area (Å²) in [5, 5.41) is 3.10. The lowest BCUT2D eigenvalue weighted by Gasteiger charge is -2.30. The Morgan fingerprint density at radius 1 is 1.47 bits per heavy atom. The van der Waals surface area contributed by atoms with Crippen LogP contribution in [0.2, 0.25) is 0 Å². The first-order valence-corrected chi connectivity index (χ1v) is 7.06. The molecule has 5 heteroatoms. The molecule has 1 unspecified atom stereocenters. The highest BCUT2D eigenvalue weighted by Gasteiger charge is 2.22. The van der Waals surface area contributed by atoms with Crippen molar-refractivity contribution in [2.75, 3.05) is 25.0 Å². The molecule has 0 aromatic carbocycles. The van der Waals surface area contributed by atoms with E-state index in [1.807, 2.05) is 4.90 Å². The second-order valence-electron chi connectivity index (χ2n) is 5.22. The Labute approximate surface area is 114 Å². The van der Waals surface area contributed by atoms with Crippen molar-refractivity contribution >= 4 is 11.9 Å². The fourth-order valence-corrected chi connectivity index (χ4v) is 2.32. The molecular weight excluding hydrogens is 240 g/mol. The third kappa shape index (κ3) is 3.66. The van der Waals surface area contributed by atoms with E-state index in [0.717, 1.165) is 32.5 Å². The van der Waals surface area contributed by atoms with Crippen LogP contribution in [0.25, 0.3) is 0 Å². The van der Waals surface area contributed by atoms with Crippen molar-refractivity contribution in [2.45, 2.75) is 33.1 Å². The van der Waals surface area contributed by atoms with Gasteiger partial charge in [-0.3, -0.25) is 4.79 Å². The summed E-state index contributed by atoms with van der Waals surface area (Å²) in [6.45, 7) is 6.81. The third-order valence-electron chi connectivity index (χ3n) is 3.38. The Bertz CT molecular complexity index is 418. The highest BCUT2D eigenvalue weighted by atomic mass is 16.2. The van der Waals surface area contributed by atoms with Gasteiger partial charge >= 0.3 is 0 Å².